The maximum atomic E-state index is 5.79. The summed E-state index contributed by atoms with van der Waals surface area (Å²) in [6.07, 6.45) is 3.38. The van der Waals surface area contributed by atoms with Crippen molar-refractivity contribution in [2.75, 3.05) is 59.1 Å². The third kappa shape index (κ3) is 8.00. The van der Waals surface area contributed by atoms with Gasteiger partial charge in [-0.3, -0.25) is 9.89 Å². The second kappa shape index (κ2) is 11.4. The average molecular weight is 440 g/mol. The van der Waals surface area contributed by atoms with Crippen LogP contribution in [0.3, 0.4) is 0 Å². The van der Waals surface area contributed by atoms with E-state index in [2.05, 4.69) is 34.4 Å². The molecule has 2 rings (SSSR count). The van der Waals surface area contributed by atoms with Gasteiger partial charge in [0.2, 0.25) is 0 Å². The van der Waals surface area contributed by atoms with E-state index in [0.29, 0.717) is 0 Å². The van der Waals surface area contributed by atoms with Gasteiger partial charge in [-0.1, -0.05) is 0 Å². The molecular formula is C16H33IN4O2. The molecule has 2 fully saturated rings. The van der Waals surface area contributed by atoms with Crippen molar-refractivity contribution in [3.63, 3.8) is 0 Å². The molecule has 2 heterocycles. The zero-order chi connectivity index (χ0) is 15.7. The standard InChI is InChI=1S/C16H32N4O2.HI/c1-3-17-15(19-14-16(2)6-4-11-22-16)18-7-5-8-20-9-12-21-13-10-20;/h3-14H2,1-2H3,(H2,17,18,19);1H. The van der Waals surface area contributed by atoms with Crippen LogP contribution in [-0.4, -0.2) is 75.5 Å². The van der Waals surface area contributed by atoms with Gasteiger partial charge in [-0.05, 0) is 39.7 Å². The second-order valence-corrected chi connectivity index (χ2v) is 6.33. The number of hydrogen-bond acceptors (Lipinski definition) is 4. The number of hydrogen-bond donors (Lipinski definition) is 2. The number of rotatable bonds is 7. The van der Waals surface area contributed by atoms with E-state index in [1.165, 1.54) is 0 Å². The van der Waals surface area contributed by atoms with Crippen LogP contribution in [-0.2, 0) is 9.47 Å². The fourth-order valence-corrected chi connectivity index (χ4v) is 2.88. The lowest BCUT2D eigenvalue weighted by Gasteiger charge is -2.26. The molecule has 0 aromatic carbocycles. The molecular weight excluding hydrogens is 407 g/mol. The molecule has 6 nitrogen and oxygen atoms in total. The third-order valence-electron chi connectivity index (χ3n) is 4.26. The molecule has 0 radical (unpaired) electrons. The fraction of sp³-hybridized carbons (Fsp3) is 0.938. The number of nitrogens with one attached hydrogen (secondary N) is 2. The minimum atomic E-state index is -0.0733. The van der Waals surface area contributed by atoms with Crippen molar-refractivity contribution in [1.82, 2.24) is 15.5 Å². The average Bonchev–Trinajstić information content (AvgIpc) is 2.97. The van der Waals surface area contributed by atoms with Gasteiger partial charge in [0.25, 0.3) is 0 Å². The van der Waals surface area contributed by atoms with Crippen LogP contribution in [0.25, 0.3) is 0 Å². The Morgan fingerprint density at radius 2 is 2.00 bits per heavy atom. The summed E-state index contributed by atoms with van der Waals surface area (Å²) in [5, 5.41) is 6.74. The van der Waals surface area contributed by atoms with Crippen LogP contribution >= 0.6 is 24.0 Å². The molecule has 0 spiro atoms. The highest BCUT2D eigenvalue weighted by Gasteiger charge is 2.29. The first-order valence-corrected chi connectivity index (χ1v) is 8.68. The molecule has 2 saturated heterocycles. The van der Waals surface area contributed by atoms with Gasteiger partial charge in [0, 0.05) is 32.8 Å². The topological polar surface area (TPSA) is 58.1 Å². The van der Waals surface area contributed by atoms with Crippen molar-refractivity contribution < 1.29 is 9.47 Å². The van der Waals surface area contributed by atoms with Crippen molar-refractivity contribution in [1.29, 1.82) is 0 Å². The van der Waals surface area contributed by atoms with Gasteiger partial charge in [-0.25, -0.2) is 0 Å². The highest BCUT2D eigenvalue weighted by molar-refractivity contribution is 14.0. The minimum Gasteiger partial charge on any atom is -0.379 e. The predicted molar refractivity (Wildman–Crippen MR) is 105 cm³/mol. The van der Waals surface area contributed by atoms with E-state index >= 15 is 0 Å². The molecule has 1 atom stereocenters. The lowest BCUT2D eigenvalue weighted by Crippen LogP contribution is -2.41. The largest absolute Gasteiger partial charge is 0.379 e. The summed E-state index contributed by atoms with van der Waals surface area (Å²) in [5.41, 5.74) is -0.0733. The fourth-order valence-electron chi connectivity index (χ4n) is 2.88. The van der Waals surface area contributed by atoms with Gasteiger partial charge in [0.15, 0.2) is 5.96 Å². The molecule has 23 heavy (non-hydrogen) atoms. The Labute approximate surface area is 157 Å². The number of morpholine rings is 1. The molecule has 1 unspecified atom stereocenters. The zero-order valence-electron chi connectivity index (χ0n) is 14.6. The molecule has 0 aromatic heterocycles. The first kappa shape index (κ1) is 20.9. The van der Waals surface area contributed by atoms with Gasteiger partial charge < -0.3 is 20.1 Å². The summed E-state index contributed by atoms with van der Waals surface area (Å²) in [7, 11) is 0. The van der Waals surface area contributed by atoms with E-state index < -0.39 is 0 Å². The second-order valence-electron chi connectivity index (χ2n) is 6.33. The normalized spacial score (nSPS) is 25.9. The highest BCUT2D eigenvalue weighted by atomic mass is 127. The SMILES string of the molecule is CCNC(=NCC1(C)CCCO1)NCCCN1CCOCC1.I. The molecule has 0 amide bonds. The van der Waals surface area contributed by atoms with Crippen LogP contribution in [0.5, 0.6) is 0 Å². The Balaban J connectivity index is 0.00000264. The van der Waals surface area contributed by atoms with Crippen molar-refractivity contribution in [2.45, 2.75) is 38.7 Å². The summed E-state index contributed by atoms with van der Waals surface area (Å²) >= 11 is 0. The van der Waals surface area contributed by atoms with Crippen LogP contribution in [0.4, 0.5) is 0 Å². The molecule has 136 valence electrons. The molecule has 7 heteroatoms. The predicted octanol–water partition coefficient (Wildman–Crippen LogP) is 1.45. The van der Waals surface area contributed by atoms with E-state index in [4.69, 9.17) is 9.47 Å². The van der Waals surface area contributed by atoms with E-state index in [-0.39, 0.29) is 29.6 Å². The van der Waals surface area contributed by atoms with E-state index in [0.717, 1.165) is 84.3 Å². The maximum absolute atomic E-state index is 5.79. The van der Waals surface area contributed by atoms with Crippen molar-refractivity contribution in [3.05, 3.63) is 0 Å². The number of ether oxygens (including phenoxy) is 2. The molecule has 0 bridgehead atoms. The van der Waals surface area contributed by atoms with E-state index in [1.807, 2.05) is 0 Å². The van der Waals surface area contributed by atoms with Gasteiger partial charge >= 0.3 is 0 Å². The summed E-state index contributed by atoms with van der Waals surface area (Å²) in [5.74, 6) is 0.904. The number of nitrogens with zero attached hydrogens (tertiary/aromatic N) is 2. The number of halogens is 1. The van der Waals surface area contributed by atoms with Crippen molar-refractivity contribution in [2.24, 2.45) is 4.99 Å². The van der Waals surface area contributed by atoms with Gasteiger partial charge in [0.05, 0.1) is 25.4 Å². The summed E-state index contributed by atoms with van der Waals surface area (Å²) in [6, 6.07) is 0. The van der Waals surface area contributed by atoms with Gasteiger partial charge in [0.1, 0.15) is 0 Å². The Bertz CT molecular complexity index is 343. The minimum absolute atomic E-state index is 0. The van der Waals surface area contributed by atoms with Crippen molar-refractivity contribution in [3.8, 4) is 0 Å². The summed E-state index contributed by atoms with van der Waals surface area (Å²) in [6.45, 7) is 12.7. The third-order valence-corrected chi connectivity index (χ3v) is 4.26. The number of guanidine groups is 1. The lowest BCUT2D eigenvalue weighted by molar-refractivity contribution is 0.0283. The maximum Gasteiger partial charge on any atom is 0.191 e. The Morgan fingerprint density at radius 3 is 2.65 bits per heavy atom. The number of aliphatic imine (C=N–C) groups is 1. The molecule has 0 saturated carbocycles. The van der Waals surface area contributed by atoms with E-state index in [9.17, 15) is 0 Å². The van der Waals surface area contributed by atoms with Crippen LogP contribution in [0, 0.1) is 0 Å². The summed E-state index contributed by atoms with van der Waals surface area (Å²) in [4.78, 5) is 7.15. The molecule has 2 aliphatic rings. The Hall–Kier alpha value is -0.120. The Morgan fingerprint density at radius 1 is 1.22 bits per heavy atom. The van der Waals surface area contributed by atoms with Crippen LogP contribution in [0.15, 0.2) is 4.99 Å². The van der Waals surface area contributed by atoms with Crippen LogP contribution < -0.4 is 10.6 Å². The molecule has 0 aromatic rings. The quantitative estimate of drug-likeness (QED) is 0.272. The Kier molecular flexibility index (Phi) is 10.4. The van der Waals surface area contributed by atoms with E-state index in [1.54, 1.807) is 0 Å². The first-order valence-electron chi connectivity index (χ1n) is 8.68. The smallest absolute Gasteiger partial charge is 0.191 e. The molecule has 2 N–H and O–H groups in total. The lowest BCUT2D eigenvalue weighted by atomic mass is 10.0. The van der Waals surface area contributed by atoms with Gasteiger partial charge in [-0.2, -0.15) is 0 Å². The van der Waals surface area contributed by atoms with Gasteiger partial charge in [-0.15, -0.1) is 24.0 Å². The monoisotopic (exact) mass is 440 g/mol. The molecule has 2 aliphatic heterocycles. The highest BCUT2D eigenvalue weighted by Crippen LogP contribution is 2.24. The zero-order valence-corrected chi connectivity index (χ0v) is 16.9. The molecule has 0 aliphatic carbocycles. The van der Waals surface area contributed by atoms with Crippen LogP contribution in [0.1, 0.15) is 33.1 Å². The van der Waals surface area contributed by atoms with Crippen molar-refractivity contribution >= 4 is 29.9 Å². The first-order chi connectivity index (χ1) is 10.7. The summed E-state index contributed by atoms with van der Waals surface area (Å²) < 4.78 is 11.2. The van der Waals surface area contributed by atoms with Crippen LogP contribution in [0.2, 0.25) is 0 Å².